The van der Waals surface area contributed by atoms with Gasteiger partial charge in [0.2, 0.25) is 5.91 Å². The van der Waals surface area contributed by atoms with E-state index in [9.17, 15) is 14.4 Å². The molecule has 9 nitrogen and oxygen atoms in total. The third-order valence-electron chi connectivity index (χ3n) is 5.25. The average Bonchev–Trinajstić information content (AvgIpc) is 3.12. The average molecular weight is 419 g/mol. The predicted molar refractivity (Wildman–Crippen MR) is 111 cm³/mol. The number of nitrogens with zero attached hydrogens (tertiary/aromatic N) is 4. The first-order valence-electron chi connectivity index (χ1n) is 9.16. The van der Waals surface area contributed by atoms with Gasteiger partial charge in [-0.15, -0.1) is 12.4 Å². The van der Waals surface area contributed by atoms with E-state index in [1.54, 1.807) is 7.05 Å². The summed E-state index contributed by atoms with van der Waals surface area (Å²) in [4.78, 5) is 41.1. The Morgan fingerprint density at radius 3 is 2.79 bits per heavy atom. The van der Waals surface area contributed by atoms with Crippen molar-refractivity contribution in [1.29, 1.82) is 0 Å². The molecule has 3 heterocycles. The van der Waals surface area contributed by atoms with Gasteiger partial charge in [0.05, 0.1) is 6.33 Å². The number of carbonyl (C=O) groups is 1. The van der Waals surface area contributed by atoms with E-state index in [-0.39, 0.29) is 42.1 Å². The van der Waals surface area contributed by atoms with Crippen molar-refractivity contribution < 1.29 is 4.79 Å². The quantitative estimate of drug-likeness (QED) is 0.614. The van der Waals surface area contributed by atoms with Crippen LogP contribution in [0.15, 0.2) is 40.2 Å². The number of hydrogen-bond donors (Lipinski definition) is 2. The highest BCUT2D eigenvalue weighted by atomic mass is 35.5. The molecule has 0 saturated carbocycles. The van der Waals surface area contributed by atoms with Crippen LogP contribution < -0.4 is 21.9 Å². The van der Waals surface area contributed by atoms with Gasteiger partial charge in [0.1, 0.15) is 6.54 Å². The zero-order valence-corrected chi connectivity index (χ0v) is 17.0. The Morgan fingerprint density at radius 2 is 2.00 bits per heavy atom. The molecule has 10 heteroatoms. The maximum Gasteiger partial charge on any atom is 0.332 e. The predicted octanol–water partition coefficient (Wildman–Crippen LogP) is -0.141. The summed E-state index contributed by atoms with van der Waals surface area (Å²) in [5.41, 5.74) is 2.08. The third-order valence-corrected chi connectivity index (χ3v) is 5.25. The van der Waals surface area contributed by atoms with Crippen molar-refractivity contribution in [3.63, 3.8) is 0 Å². The smallest absolute Gasteiger partial charge is 0.332 e. The Labute approximate surface area is 172 Å². The first-order valence-corrected chi connectivity index (χ1v) is 9.16. The molecule has 2 aromatic heterocycles. The number of imidazole rings is 1. The maximum atomic E-state index is 12.5. The summed E-state index contributed by atoms with van der Waals surface area (Å²) in [5, 5.41) is 6.35. The number of aromatic nitrogens is 4. The molecule has 0 bridgehead atoms. The van der Waals surface area contributed by atoms with Crippen molar-refractivity contribution in [3.8, 4) is 0 Å². The summed E-state index contributed by atoms with van der Waals surface area (Å²) in [7, 11) is 2.96. The Bertz CT molecular complexity index is 1180. The third kappa shape index (κ3) is 3.70. The Hall–Kier alpha value is -2.91. The van der Waals surface area contributed by atoms with Crippen LogP contribution in [-0.4, -0.2) is 37.7 Å². The zero-order chi connectivity index (χ0) is 19.8. The molecule has 154 valence electrons. The maximum absolute atomic E-state index is 12.5. The van der Waals surface area contributed by atoms with Gasteiger partial charge >= 0.3 is 5.69 Å². The second kappa shape index (κ2) is 8.22. The van der Waals surface area contributed by atoms with Crippen LogP contribution in [0, 0.1) is 0 Å². The van der Waals surface area contributed by atoms with Crippen LogP contribution in [0.25, 0.3) is 11.2 Å². The number of benzene rings is 1. The lowest BCUT2D eigenvalue weighted by Gasteiger charge is -2.27. The molecule has 1 amide bonds. The van der Waals surface area contributed by atoms with Crippen molar-refractivity contribution in [3.05, 3.63) is 62.6 Å². The number of fused-ring (bicyclic) bond motifs is 2. The van der Waals surface area contributed by atoms with E-state index < -0.39 is 11.2 Å². The van der Waals surface area contributed by atoms with Crippen LogP contribution in [0.2, 0.25) is 0 Å². The number of aryl methyl sites for hydroxylation is 1. The van der Waals surface area contributed by atoms with Gasteiger partial charge in [-0.2, -0.15) is 0 Å². The van der Waals surface area contributed by atoms with E-state index in [2.05, 4.69) is 27.8 Å². The number of halogens is 1. The molecule has 2 N–H and O–H groups in total. The number of amides is 1. The molecule has 1 unspecified atom stereocenters. The first kappa shape index (κ1) is 20.8. The number of rotatable bonds is 4. The van der Waals surface area contributed by atoms with E-state index in [1.807, 2.05) is 12.1 Å². The molecule has 0 saturated heterocycles. The van der Waals surface area contributed by atoms with Crippen LogP contribution in [0.5, 0.6) is 0 Å². The van der Waals surface area contributed by atoms with Crippen molar-refractivity contribution in [2.24, 2.45) is 14.1 Å². The monoisotopic (exact) mass is 418 g/mol. The molecular weight excluding hydrogens is 396 g/mol. The summed E-state index contributed by atoms with van der Waals surface area (Å²) in [5.74, 6) is -0.222. The normalized spacial score (nSPS) is 15.6. The highest BCUT2D eigenvalue weighted by molar-refractivity contribution is 5.85. The number of carbonyl (C=O) groups excluding carboxylic acids is 1. The Kier molecular flexibility index (Phi) is 5.90. The van der Waals surface area contributed by atoms with Crippen molar-refractivity contribution in [2.45, 2.75) is 19.0 Å². The molecule has 1 atom stereocenters. The van der Waals surface area contributed by atoms with Crippen molar-refractivity contribution in [1.82, 2.24) is 29.3 Å². The molecule has 0 aliphatic carbocycles. The fraction of sp³-hybridized carbons (Fsp3) is 0.368. The highest BCUT2D eigenvalue weighted by Crippen LogP contribution is 2.21. The van der Waals surface area contributed by atoms with Gasteiger partial charge in [0.15, 0.2) is 11.2 Å². The summed E-state index contributed by atoms with van der Waals surface area (Å²) >= 11 is 0. The van der Waals surface area contributed by atoms with Gasteiger partial charge in [-0.05, 0) is 24.1 Å². The summed E-state index contributed by atoms with van der Waals surface area (Å²) in [6, 6.07) is 8.27. The minimum Gasteiger partial charge on any atom is -0.353 e. The van der Waals surface area contributed by atoms with E-state index in [1.165, 1.54) is 33.6 Å². The fourth-order valence-electron chi connectivity index (χ4n) is 3.72. The minimum atomic E-state index is -0.466. The van der Waals surface area contributed by atoms with E-state index >= 15 is 0 Å². The summed E-state index contributed by atoms with van der Waals surface area (Å²) in [6.45, 7) is 1.28. The molecule has 1 aliphatic heterocycles. The topological polar surface area (TPSA) is 103 Å². The standard InChI is InChI=1S/C19H22N6O3.ClH/c1-23-17-16(18(27)24(2)19(23)28)25(11-22-17)10-15(26)21-9-14-13-6-4-3-5-12(13)7-8-20-14;/h3-6,11,14,20H,7-10H2,1-2H3,(H,21,26);1H. The number of nitrogens with one attached hydrogen (secondary N) is 2. The van der Waals surface area contributed by atoms with Crippen molar-refractivity contribution in [2.75, 3.05) is 13.1 Å². The second-order valence-corrected chi connectivity index (χ2v) is 7.01. The van der Waals surface area contributed by atoms with E-state index in [0.29, 0.717) is 6.54 Å². The molecular formula is C19H23ClN6O3. The summed E-state index contributed by atoms with van der Waals surface area (Å²) in [6.07, 6.45) is 2.39. The molecule has 0 radical (unpaired) electrons. The van der Waals surface area contributed by atoms with E-state index in [4.69, 9.17) is 0 Å². The lowest BCUT2D eigenvalue weighted by atomic mass is 9.94. The highest BCUT2D eigenvalue weighted by Gasteiger charge is 2.20. The molecule has 3 aromatic rings. The van der Waals surface area contributed by atoms with Crippen LogP contribution >= 0.6 is 12.4 Å². The molecule has 4 rings (SSSR count). The molecule has 0 spiro atoms. The van der Waals surface area contributed by atoms with E-state index in [0.717, 1.165) is 17.5 Å². The molecule has 1 aromatic carbocycles. The van der Waals surface area contributed by atoms with Gasteiger partial charge in [0, 0.05) is 26.7 Å². The zero-order valence-electron chi connectivity index (χ0n) is 16.2. The molecule has 1 aliphatic rings. The van der Waals surface area contributed by atoms with Gasteiger partial charge in [-0.3, -0.25) is 18.7 Å². The number of hydrogen-bond acceptors (Lipinski definition) is 5. The molecule has 0 fully saturated rings. The lowest BCUT2D eigenvalue weighted by molar-refractivity contribution is -0.121. The fourth-order valence-corrected chi connectivity index (χ4v) is 3.72. The van der Waals surface area contributed by atoms with Gasteiger partial charge < -0.3 is 15.2 Å². The Balaban J connectivity index is 0.00000240. The largest absolute Gasteiger partial charge is 0.353 e. The second-order valence-electron chi connectivity index (χ2n) is 7.01. The van der Waals surface area contributed by atoms with Crippen LogP contribution in [0.3, 0.4) is 0 Å². The van der Waals surface area contributed by atoms with Gasteiger partial charge in [-0.1, -0.05) is 24.3 Å². The SMILES string of the molecule is Cl.Cn1c(=O)c2c(ncn2CC(=O)NCC2NCCc3ccccc32)n(C)c1=O. The molecule has 29 heavy (non-hydrogen) atoms. The first-order chi connectivity index (χ1) is 13.5. The summed E-state index contributed by atoms with van der Waals surface area (Å²) < 4.78 is 3.80. The van der Waals surface area contributed by atoms with Gasteiger partial charge in [-0.25, -0.2) is 9.78 Å². The Morgan fingerprint density at radius 1 is 1.24 bits per heavy atom. The lowest BCUT2D eigenvalue weighted by Crippen LogP contribution is -2.40. The van der Waals surface area contributed by atoms with Crippen molar-refractivity contribution >= 4 is 29.5 Å². The van der Waals surface area contributed by atoms with Gasteiger partial charge in [0.25, 0.3) is 5.56 Å². The van der Waals surface area contributed by atoms with Crippen LogP contribution in [-0.2, 0) is 31.9 Å². The minimum absolute atomic E-state index is 0. The van der Waals surface area contributed by atoms with Crippen LogP contribution in [0.1, 0.15) is 17.2 Å². The van der Waals surface area contributed by atoms with Crippen LogP contribution in [0.4, 0.5) is 0 Å².